The van der Waals surface area contributed by atoms with Crippen molar-refractivity contribution in [2.45, 2.75) is 65.8 Å². The Morgan fingerprint density at radius 1 is 1.14 bits per heavy atom. The maximum absolute atomic E-state index is 11.8. The van der Waals surface area contributed by atoms with Crippen LogP contribution in [-0.4, -0.2) is 23.6 Å². The molecule has 2 heterocycles. The first-order valence-electron chi connectivity index (χ1n) is 10.7. The van der Waals surface area contributed by atoms with E-state index in [1.807, 2.05) is 27.7 Å². The first kappa shape index (κ1) is 22.7. The standard InChI is InChI=1S/C15H15NO2.C5H6O2.2C2H6/c17-7-12-11-6-9-2-1-3-10(8-4-5-8)13(9)14(11)16-15(12)18;1-4-2-3-7-5(4)6;2*1-2/h1-3,7-8,11,14,17H,4-6H2,(H,16,18);2H,3H2,1H3;2*1-2H3/b12-7+;;;. The third-order valence-electron chi connectivity index (χ3n) is 5.41. The van der Waals surface area contributed by atoms with E-state index in [1.165, 1.54) is 29.5 Å². The summed E-state index contributed by atoms with van der Waals surface area (Å²) in [7, 11) is 0. The van der Waals surface area contributed by atoms with Gasteiger partial charge in [-0.1, -0.05) is 45.9 Å². The number of hydrogen-bond donors (Lipinski definition) is 2. The lowest BCUT2D eigenvalue weighted by Gasteiger charge is -2.14. The lowest BCUT2D eigenvalue weighted by atomic mass is 9.95. The molecule has 2 aliphatic carbocycles. The van der Waals surface area contributed by atoms with Crippen LogP contribution in [0.1, 0.15) is 76.1 Å². The number of aliphatic hydroxyl groups excluding tert-OH is 1. The second-order valence-electron chi connectivity index (χ2n) is 7.03. The van der Waals surface area contributed by atoms with Crippen molar-refractivity contribution in [1.29, 1.82) is 0 Å². The smallest absolute Gasteiger partial charge is 0.333 e. The van der Waals surface area contributed by atoms with Crippen molar-refractivity contribution in [2.75, 3.05) is 6.61 Å². The van der Waals surface area contributed by atoms with E-state index in [4.69, 9.17) is 0 Å². The molecule has 29 heavy (non-hydrogen) atoms. The molecule has 158 valence electrons. The lowest BCUT2D eigenvalue weighted by Crippen LogP contribution is -2.20. The maximum Gasteiger partial charge on any atom is 0.333 e. The molecule has 5 heteroatoms. The molecule has 1 aromatic rings. The molecule has 5 rings (SSSR count). The number of aliphatic hydroxyl groups is 1. The zero-order valence-electron chi connectivity index (χ0n) is 18.1. The number of carbonyl (C=O) groups is 2. The molecule has 2 fully saturated rings. The van der Waals surface area contributed by atoms with Gasteiger partial charge in [0, 0.05) is 11.5 Å². The predicted molar refractivity (Wildman–Crippen MR) is 115 cm³/mol. The molecule has 2 atom stereocenters. The topological polar surface area (TPSA) is 75.6 Å². The third kappa shape index (κ3) is 4.72. The van der Waals surface area contributed by atoms with Crippen LogP contribution >= 0.6 is 0 Å². The monoisotopic (exact) mass is 399 g/mol. The molecular formula is C24H33NO4. The molecule has 0 aromatic heterocycles. The minimum Gasteiger partial charge on any atom is -0.515 e. The number of benzene rings is 1. The number of cyclic esters (lactones) is 1. The molecule has 1 saturated heterocycles. The Morgan fingerprint density at radius 3 is 2.31 bits per heavy atom. The molecule has 1 saturated carbocycles. The highest BCUT2D eigenvalue weighted by Crippen LogP contribution is 2.51. The number of esters is 1. The summed E-state index contributed by atoms with van der Waals surface area (Å²) in [6, 6.07) is 6.56. The summed E-state index contributed by atoms with van der Waals surface area (Å²) in [6.07, 6.45) is 6.16. The largest absolute Gasteiger partial charge is 0.515 e. The van der Waals surface area contributed by atoms with Crippen LogP contribution < -0.4 is 5.32 Å². The second kappa shape index (κ2) is 10.3. The summed E-state index contributed by atoms with van der Waals surface area (Å²) >= 11 is 0. The highest BCUT2D eigenvalue weighted by atomic mass is 16.5. The van der Waals surface area contributed by atoms with Crippen molar-refractivity contribution in [3.8, 4) is 0 Å². The van der Waals surface area contributed by atoms with E-state index in [-0.39, 0.29) is 23.8 Å². The van der Waals surface area contributed by atoms with E-state index in [1.54, 1.807) is 13.0 Å². The molecule has 2 aliphatic heterocycles. The van der Waals surface area contributed by atoms with E-state index in [2.05, 4.69) is 28.3 Å². The van der Waals surface area contributed by atoms with E-state index in [9.17, 15) is 14.7 Å². The summed E-state index contributed by atoms with van der Waals surface area (Å²) in [5.41, 5.74) is 5.35. The van der Waals surface area contributed by atoms with E-state index in [0.29, 0.717) is 18.1 Å². The predicted octanol–water partition coefficient (Wildman–Crippen LogP) is 4.89. The lowest BCUT2D eigenvalue weighted by molar-refractivity contribution is -0.135. The second-order valence-corrected chi connectivity index (χ2v) is 7.03. The van der Waals surface area contributed by atoms with Gasteiger partial charge in [-0.05, 0) is 54.9 Å². The number of nitrogens with one attached hydrogen (secondary N) is 1. The molecule has 0 radical (unpaired) electrons. The van der Waals surface area contributed by atoms with Gasteiger partial charge in [-0.3, -0.25) is 4.79 Å². The van der Waals surface area contributed by atoms with Crippen LogP contribution in [-0.2, 0) is 20.7 Å². The van der Waals surface area contributed by atoms with Gasteiger partial charge < -0.3 is 15.2 Å². The van der Waals surface area contributed by atoms with Gasteiger partial charge >= 0.3 is 5.97 Å². The van der Waals surface area contributed by atoms with Gasteiger partial charge in [0.05, 0.1) is 17.9 Å². The Bertz CT molecular complexity index is 805. The minimum atomic E-state index is -0.181. The fourth-order valence-electron chi connectivity index (χ4n) is 3.95. The summed E-state index contributed by atoms with van der Waals surface area (Å²) in [5.74, 6) is 0.527. The van der Waals surface area contributed by atoms with Crippen LogP contribution in [0.15, 0.2) is 41.7 Å². The molecule has 1 amide bonds. The Kier molecular flexibility index (Phi) is 8.06. The Balaban J connectivity index is 0.000000230. The van der Waals surface area contributed by atoms with Crippen molar-refractivity contribution >= 4 is 11.9 Å². The zero-order valence-corrected chi connectivity index (χ0v) is 18.1. The van der Waals surface area contributed by atoms with Crippen LogP contribution in [0.25, 0.3) is 0 Å². The van der Waals surface area contributed by atoms with Crippen LogP contribution in [0, 0.1) is 5.92 Å². The summed E-state index contributed by atoms with van der Waals surface area (Å²) in [5, 5.41) is 12.3. The maximum atomic E-state index is 11.8. The van der Waals surface area contributed by atoms with Gasteiger partial charge in [-0.15, -0.1) is 0 Å². The van der Waals surface area contributed by atoms with Gasteiger partial charge in [0.25, 0.3) is 5.91 Å². The SMILES string of the molecule is CC.CC.CC1=CCOC1=O.O=C1NC2c3c(cccc3C3CC3)CC2/C1=C\O. The molecule has 2 N–H and O–H groups in total. The minimum absolute atomic E-state index is 0.0858. The van der Waals surface area contributed by atoms with Gasteiger partial charge in [0.1, 0.15) is 6.61 Å². The average molecular weight is 400 g/mol. The summed E-state index contributed by atoms with van der Waals surface area (Å²) < 4.78 is 4.53. The Morgan fingerprint density at radius 2 is 1.83 bits per heavy atom. The van der Waals surface area contributed by atoms with Crippen LogP contribution in [0.3, 0.4) is 0 Å². The molecule has 4 aliphatic rings. The normalized spacial score (nSPS) is 24.4. The molecule has 2 unspecified atom stereocenters. The molecular weight excluding hydrogens is 366 g/mol. The van der Waals surface area contributed by atoms with Gasteiger partial charge in [0.2, 0.25) is 0 Å². The molecule has 0 bridgehead atoms. The van der Waals surface area contributed by atoms with Crippen molar-refractivity contribution < 1.29 is 19.4 Å². The first-order valence-corrected chi connectivity index (χ1v) is 10.7. The van der Waals surface area contributed by atoms with E-state index >= 15 is 0 Å². The number of hydrogen-bond acceptors (Lipinski definition) is 4. The van der Waals surface area contributed by atoms with Gasteiger partial charge in [-0.25, -0.2) is 4.79 Å². The summed E-state index contributed by atoms with van der Waals surface area (Å²) in [4.78, 5) is 22.1. The van der Waals surface area contributed by atoms with Gasteiger partial charge in [0.15, 0.2) is 0 Å². The van der Waals surface area contributed by atoms with Crippen molar-refractivity contribution in [3.05, 3.63) is 58.4 Å². The fraction of sp³-hybridized carbons (Fsp3) is 0.500. The number of amides is 1. The van der Waals surface area contributed by atoms with E-state index < -0.39 is 0 Å². The molecule has 5 nitrogen and oxygen atoms in total. The number of fused-ring (bicyclic) bond motifs is 3. The Labute approximate surface area is 173 Å². The van der Waals surface area contributed by atoms with Crippen LogP contribution in [0.2, 0.25) is 0 Å². The van der Waals surface area contributed by atoms with Crippen molar-refractivity contribution in [2.24, 2.45) is 5.92 Å². The zero-order chi connectivity index (χ0) is 21.6. The third-order valence-corrected chi connectivity index (χ3v) is 5.41. The van der Waals surface area contributed by atoms with Crippen molar-refractivity contribution in [1.82, 2.24) is 5.32 Å². The van der Waals surface area contributed by atoms with Crippen molar-refractivity contribution in [3.63, 3.8) is 0 Å². The quantitative estimate of drug-likeness (QED) is 0.400. The summed E-state index contributed by atoms with van der Waals surface area (Å²) in [6.45, 7) is 10.2. The van der Waals surface area contributed by atoms with E-state index in [0.717, 1.165) is 18.3 Å². The number of ether oxygens (including phenoxy) is 1. The average Bonchev–Trinajstić information content (AvgIpc) is 3.35. The highest BCUT2D eigenvalue weighted by molar-refractivity contribution is 5.97. The van der Waals surface area contributed by atoms with Crippen LogP contribution in [0.4, 0.5) is 0 Å². The molecule has 1 aromatic carbocycles. The Hall–Kier alpha value is -2.56. The fourth-order valence-corrected chi connectivity index (χ4v) is 3.95. The first-order chi connectivity index (χ1) is 14.1. The molecule has 0 spiro atoms. The number of carbonyl (C=O) groups excluding carboxylic acids is 2. The highest BCUT2D eigenvalue weighted by Gasteiger charge is 2.46. The number of rotatable bonds is 1. The van der Waals surface area contributed by atoms with Crippen LogP contribution in [0.5, 0.6) is 0 Å². The van der Waals surface area contributed by atoms with Gasteiger partial charge in [-0.2, -0.15) is 0 Å².